The van der Waals surface area contributed by atoms with Gasteiger partial charge >= 0.3 is 0 Å². The van der Waals surface area contributed by atoms with Gasteiger partial charge in [0.2, 0.25) is 0 Å². The van der Waals surface area contributed by atoms with Gasteiger partial charge in [-0.2, -0.15) is 0 Å². The van der Waals surface area contributed by atoms with E-state index >= 15 is 0 Å². The van der Waals surface area contributed by atoms with Crippen molar-refractivity contribution in [1.82, 2.24) is 10.2 Å². The van der Waals surface area contributed by atoms with Crippen LogP contribution in [0, 0.1) is 0 Å². The van der Waals surface area contributed by atoms with Gasteiger partial charge in [-0.25, -0.2) is 4.99 Å². The molecule has 1 fully saturated rings. The first-order chi connectivity index (χ1) is 11.3. The van der Waals surface area contributed by atoms with Crippen LogP contribution in [0.3, 0.4) is 0 Å². The topological polar surface area (TPSA) is 72.1 Å². The van der Waals surface area contributed by atoms with Crippen molar-refractivity contribution in [3.8, 4) is 5.75 Å². The SMILES string of the molecule is CCOc1ccccc1CN=C(N)NCCCN1CCOCC1. The van der Waals surface area contributed by atoms with Crippen LogP contribution in [0.2, 0.25) is 0 Å². The van der Waals surface area contributed by atoms with Crippen LogP contribution in [0.4, 0.5) is 0 Å². The summed E-state index contributed by atoms with van der Waals surface area (Å²) in [6.07, 6.45) is 1.05. The van der Waals surface area contributed by atoms with Crippen molar-refractivity contribution < 1.29 is 9.47 Å². The molecule has 0 saturated carbocycles. The molecule has 1 aromatic rings. The zero-order valence-electron chi connectivity index (χ0n) is 14.0. The third-order valence-electron chi connectivity index (χ3n) is 3.75. The minimum absolute atomic E-state index is 0.485. The number of rotatable bonds is 8. The van der Waals surface area contributed by atoms with Crippen LogP contribution in [0.25, 0.3) is 0 Å². The summed E-state index contributed by atoms with van der Waals surface area (Å²) >= 11 is 0. The lowest BCUT2D eigenvalue weighted by molar-refractivity contribution is 0.0376. The summed E-state index contributed by atoms with van der Waals surface area (Å²) < 4.78 is 10.9. The third kappa shape index (κ3) is 6.46. The molecular weight excluding hydrogens is 292 g/mol. The number of nitrogens with two attached hydrogens (primary N) is 1. The normalized spacial score (nSPS) is 16.3. The highest BCUT2D eigenvalue weighted by Gasteiger charge is 2.09. The number of nitrogens with one attached hydrogen (secondary N) is 1. The average Bonchev–Trinajstić information content (AvgIpc) is 2.59. The van der Waals surface area contributed by atoms with Crippen LogP contribution in [0.15, 0.2) is 29.3 Å². The highest BCUT2D eigenvalue weighted by molar-refractivity contribution is 5.77. The number of hydrogen-bond donors (Lipinski definition) is 2. The van der Waals surface area contributed by atoms with Crippen LogP contribution < -0.4 is 15.8 Å². The zero-order chi connectivity index (χ0) is 16.3. The van der Waals surface area contributed by atoms with Gasteiger partial charge in [-0.05, 0) is 26.0 Å². The Morgan fingerprint density at radius 3 is 2.91 bits per heavy atom. The Balaban J connectivity index is 1.68. The molecule has 0 amide bonds. The minimum Gasteiger partial charge on any atom is -0.494 e. The maximum atomic E-state index is 5.93. The van der Waals surface area contributed by atoms with E-state index in [0.29, 0.717) is 19.1 Å². The Morgan fingerprint density at radius 1 is 1.35 bits per heavy atom. The Hall–Kier alpha value is -1.79. The number of guanidine groups is 1. The van der Waals surface area contributed by atoms with Gasteiger partial charge in [-0.15, -0.1) is 0 Å². The standard InChI is InChI=1S/C17H28N4O2/c1-2-23-16-7-4-3-6-15(16)14-20-17(18)19-8-5-9-21-10-12-22-13-11-21/h3-4,6-7H,2,5,8-14H2,1H3,(H3,18,19,20). The van der Waals surface area contributed by atoms with Gasteiger partial charge in [-0.1, -0.05) is 18.2 Å². The first kappa shape index (κ1) is 17.6. The van der Waals surface area contributed by atoms with Crippen molar-refractivity contribution >= 4 is 5.96 Å². The third-order valence-corrected chi connectivity index (χ3v) is 3.75. The van der Waals surface area contributed by atoms with Gasteiger partial charge in [0.15, 0.2) is 5.96 Å². The zero-order valence-corrected chi connectivity index (χ0v) is 14.0. The summed E-state index contributed by atoms with van der Waals surface area (Å²) in [6.45, 7) is 8.79. The second-order valence-corrected chi connectivity index (χ2v) is 5.48. The fraction of sp³-hybridized carbons (Fsp3) is 0.588. The molecule has 128 valence electrons. The summed E-state index contributed by atoms with van der Waals surface area (Å²) in [4.78, 5) is 6.80. The summed E-state index contributed by atoms with van der Waals surface area (Å²) in [7, 11) is 0. The molecule has 23 heavy (non-hydrogen) atoms. The minimum atomic E-state index is 0.485. The Bertz CT molecular complexity index is 487. The Kier molecular flexibility index (Phi) is 7.69. The number of morpholine rings is 1. The van der Waals surface area contributed by atoms with E-state index in [1.54, 1.807) is 0 Å². The smallest absolute Gasteiger partial charge is 0.188 e. The van der Waals surface area contributed by atoms with Gasteiger partial charge in [0.05, 0.1) is 26.4 Å². The van der Waals surface area contributed by atoms with E-state index in [4.69, 9.17) is 15.2 Å². The van der Waals surface area contributed by atoms with E-state index in [9.17, 15) is 0 Å². The Morgan fingerprint density at radius 2 is 2.13 bits per heavy atom. The molecule has 0 aliphatic carbocycles. The monoisotopic (exact) mass is 320 g/mol. The molecular formula is C17H28N4O2. The number of nitrogens with zero attached hydrogens (tertiary/aromatic N) is 2. The van der Waals surface area contributed by atoms with Crippen LogP contribution in [-0.2, 0) is 11.3 Å². The highest BCUT2D eigenvalue weighted by atomic mass is 16.5. The molecule has 1 aliphatic rings. The number of benzene rings is 1. The molecule has 1 saturated heterocycles. The van der Waals surface area contributed by atoms with E-state index in [1.807, 2.05) is 31.2 Å². The van der Waals surface area contributed by atoms with E-state index in [0.717, 1.165) is 57.1 Å². The quantitative estimate of drug-likeness (QED) is 0.428. The Labute approximate surface area is 138 Å². The van der Waals surface area contributed by atoms with Gasteiger partial charge in [-0.3, -0.25) is 4.90 Å². The van der Waals surface area contributed by atoms with Gasteiger partial charge < -0.3 is 20.5 Å². The molecule has 0 bridgehead atoms. The maximum Gasteiger partial charge on any atom is 0.188 e. The molecule has 0 atom stereocenters. The van der Waals surface area contributed by atoms with Crippen molar-refractivity contribution in [3.63, 3.8) is 0 Å². The maximum absolute atomic E-state index is 5.93. The molecule has 2 rings (SSSR count). The fourth-order valence-electron chi connectivity index (χ4n) is 2.50. The second kappa shape index (κ2) is 10.1. The molecule has 6 nitrogen and oxygen atoms in total. The first-order valence-corrected chi connectivity index (χ1v) is 8.34. The molecule has 1 aliphatic heterocycles. The van der Waals surface area contributed by atoms with E-state index < -0.39 is 0 Å². The predicted octanol–water partition coefficient (Wildman–Crippen LogP) is 1.21. The van der Waals surface area contributed by atoms with E-state index in [1.165, 1.54) is 0 Å². The number of ether oxygens (including phenoxy) is 2. The van der Waals surface area contributed by atoms with E-state index in [2.05, 4.69) is 15.2 Å². The number of hydrogen-bond acceptors (Lipinski definition) is 4. The van der Waals surface area contributed by atoms with E-state index in [-0.39, 0.29) is 0 Å². The van der Waals surface area contributed by atoms with Crippen molar-refractivity contribution in [2.24, 2.45) is 10.7 Å². The van der Waals surface area contributed by atoms with Crippen molar-refractivity contribution in [2.45, 2.75) is 19.9 Å². The number of para-hydroxylation sites is 1. The van der Waals surface area contributed by atoms with Gasteiger partial charge in [0.25, 0.3) is 0 Å². The summed E-state index contributed by atoms with van der Waals surface area (Å²) in [5.41, 5.74) is 6.98. The highest BCUT2D eigenvalue weighted by Crippen LogP contribution is 2.18. The van der Waals surface area contributed by atoms with Crippen molar-refractivity contribution in [2.75, 3.05) is 46.0 Å². The largest absolute Gasteiger partial charge is 0.494 e. The van der Waals surface area contributed by atoms with Crippen molar-refractivity contribution in [3.05, 3.63) is 29.8 Å². The summed E-state index contributed by atoms with van der Waals surface area (Å²) in [5, 5.41) is 3.17. The second-order valence-electron chi connectivity index (χ2n) is 5.48. The molecule has 0 unspecified atom stereocenters. The molecule has 0 aromatic heterocycles. The molecule has 0 radical (unpaired) electrons. The lowest BCUT2D eigenvalue weighted by atomic mass is 10.2. The lowest BCUT2D eigenvalue weighted by Gasteiger charge is -2.26. The number of aliphatic imine (C=N–C) groups is 1. The molecule has 1 aromatic carbocycles. The first-order valence-electron chi connectivity index (χ1n) is 8.34. The molecule has 1 heterocycles. The van der Waals surface area contributed by atoms with Crippen molar-refractivity contribution in [1.29, 1.82) is 0 Å². The van der Waals surface area contributed by atoms with Crippen LogP contribution in [0.5, 0.6) is 5.75 Å². The van der Waals surface area contributed by atoms with Crippen LogP contribution >= 0.6 is 0 Å². The summed E-state index contributed by atoms with van der Waals surface area (Å²) in [5.74, 6) is 1.36. The molecule has 6 heteroatoms. The predicted molar refractivity (Wildman–Crippen MR) is 92.8 cm³/mol. The van der Waals surface area contributed by atoms with Gasteiger partial charge in [0.1, 0.15) is 5.75 Å². The van der Waals surface area contributed by atoms with Crippen LogP contribution in [0.1, 0.15) is 18.9 Å². The summed E-state index contributed by atoms with van der Waals surface area (Å²) in [6, 6.07) is 7.92. The lowest BCUT2D eigenvalue weighted by Crippen LogP contribution is -2.39. The molecule has 3 N–H and O–H groups in total. The average molecular weight is 320 g/mol. The van der Waals surface area contributed by atoms with Crippen LogP contribution in [-0.4, -0.2) is 56.9 Å². The molecule has 0 spiro atoms. The fourth-order valence-corrected chi connectivity index (χ4v) is 2.50. The van der Waals surface area contributed by atoms with Gasteiger partial charge in [0, 0.05) is 25.2 Å².